The highest BCUT2D eigenvalue weighted by Gasteiger charge is 2.22. The maximum atomic E-state index is 13.6. The molecule has 0 aliphatic carbocycles. The predicted molar refractivity (Wildman–Crippen MR) is 82.1 cm³/mol. The largest absolute Gasteiger partial charge is 0.339 e. The maximum Gasteiger partial charge on any atom is 0.234 e. The normalized spacial score (nSPS) is 12.3. The van der Waals surface area contributed by atoms with Gasteiger partial charge in [0.1, 0.15) is 11.6 Å². The molecule has 0 aliphatic rings. The Morgan fingerprint density at radius 3 is 2.35 bits per heavy atom. The molecule has 0 fully saturated rings. The molecule has 1 atom stereocenters. The lowest BCUT2D eigenvalue weighted by Crippen LogP contribution is -2.07. The summed E-state index contributed by atoms with van der Waals surface area (Å²) in [5, 5.41) is 3.61. The number of benzene rings is 2. The number of hydrogen-bond acceptors (Lipinski definition) is 3. The van der Waals surface area contributed by atoms with Crippen molar-refractivity contribution in [1.29, 1.82) is 0 Å². The second-order valence-corrected chi connectivity index (χ2v) is 5.66. The van der Waals surface area contributed by atoms with E-state index in [0.717, 1.165) is 17.2 Å². The van der Waals surface area contributed by atoms with Gasteiger partial charge in [0.2, 0.25) is 5.89 Å². The zero-order chi connectivity index (χ0) is 16.4. The molecule has 0 saturated heterocycles. The van der Waals surface area contributed by atoms with E-state index in [1.54, 1.807) is 0 Å². The highest BCUT2D eigenvalue weighted by Crippen LogP contribution is 2.29. The van der Waals surface area contributed by atoms with Crippen molar-refractivity contribution in [3.63, 3.8) is 0 Å². The van der Waals surface area contributed by atoms with E-state index in [2.05, 4.69) is 16.2 Å². The third-order valence-electron chi connectivity index (χ3n) is 3.97. The molecule has 3 nitrogen and oxygen atoms in total. The Hall–Kier alpha value is -2.56. The third kappa shape index (κ3) is 3.44. The monoisotopic (exact) mass is 314 g/mol. The van der Waals surface area contributed by atoms with Crippen LogP contribution in [0.4, 0.5) is 8.78 Å². The van der Waals surface area contributed by atoms with Crippen LogP contribution < -0.4 is 0 Å². The highest BCUT2D eigenvalue weighted by molar-refractivity contribution is 5.34. The first-order valence-electron chi connectivity index (χ1n) is 7.31. The van der Waals surface area contributed by atoms with Crippen LogP contribution in [0.5, 0.6) is 0 Å². The van der Waals surface area contributed by atoms with Crippen LogP contribution in [0.25, 0.3) is 0 Å². The molecule has 0 spiro atoms. The van der Waals surface area contributed by atoms with E-state index >= 15 is 0 Å². The Kier molecular flexibility index (Phi) is 4.19. The fraction of sp³-hybridized carbons (Fsp3) is 0.222. The molecule has 118 valence electrons. The molecule has 0 N–H and O–H groups in total. The molecule has 0 saturated carbocycles. The summed E-state index contributed by atoms with van der Waals surface area (Å²) < 4.78 is 32.3. The predicted octanol–water partition coefficient (Wildman–Crippen LogP) is 4.34. The summed E-state index contributed by atoms with van der Waals surface area (Å²) >= 11 is 0. The molecule has 1 heterocycles. The van der Waals surface area contributed by atoms with Crippen molar-refractivity contribution >= 4 is 0 Å². The van der Waals surface area contributed by atoms with Crippen LogP contribution in [-0.2, 0) is 6.42 Å². The smallest absolute Gasteiger partial charge is 0.234 e. The summed E-state index contributed by atoms with van der Waals surface area (Å²) in [4.78, 5) is 4.07. The molecule has 3 aromatic rings. The van der Waals surface area contributed by atoms with Crippen LogP contribution in [0.3, 0.4) is 0 Å². The molecule has 23 heavy (non-hydrogen) atoms. The Morgan fingerprint density at radius 2 is 1.74 bits per heavy atom. The Labute approximate surface area is 133 Å². The summed E-state index contributed by atoms with van der Waals surface area (Å²) in [7, 11) is 0. The maximum absolute atomic E-state index is 13.6. The number of aromatic nitrogens is 2. The second-order valence-electron chi connectivity index (χ2n) is 5.66. The average Bonchev–Trinajstić information content (AvgIpc) is 3.01. The van der Waals surface area contributed by atoms with E-state index in [0.29, 0.717) is 17.9 Å². The molecule has 1 unspecified atom stereocenters. The molecule has 1 aromatic heterocycles. The fourth-order valence-corrected chi connectivity index (χ4v) is 2.63. The van der Waals surface area contributed by atoms with Crippen LogP contribution >= 0.6 is 0 Å². The lowest BCUT2D eigenvalue weighted by Gasteiger charge is -2.15. The zero-order valence-corrected chi connectivity index (χ0v) is 12.9. The van der Waals surface area contributed by atoms with Crippen LogP contribution in [0.2, 0.25) is 0 Å². The fourth-order valence-electron chi connectivity index (χ4n) is 2.63. The number of halogens is 2. The summed E-state index contributed by atoms with van der Waals surface area (Å²) in [5.74, 6) is -1.30. The van der Waals surface area contributed by atoms with Gasteiger partial charge in [0.15, 0.2) is 6.33 Å². The SMILES string of the molecule is Cc1ccc(CC(c2cc(F)cc(F)c2)c2ncno2)cc1C. The van der Waals surface area contributed by atoms with Gasteiger partial charge in [0, 0.05) is 6.07 Å². The van der Waals surface area contributed by atoms with E-state index in [9.17, 15) is 8.78 Å². The van der Waals surface area contributed by atoms with Crippen LogP contribution in [0.15, 0.2) is 47.2 Å². The van der Waals surface area contributed by atoms with Gasteiger partial charge in [-0.25, -0.2) is 8.78 Å². The molecule has 0 radical (unpaired) electrons. The molecule has 0 aliphatic heterocycles. The molecule has 3 rings (SSSR count). The first kappa shape index (κ1) is 15.3. The Bertz CT molecular complexity index is 796. The Morgan fingerprint density at radius 1 is 1.00 bits per heavy atom. The summed E-state index contributed by atoms with van der Waals surface area (Å²) in [6.07, 6.45) is 1.81. The summed E-state index contributed by atoms with van der Waals surface area (Å²) in [5.41, 5.74) is 3.88. The first-order valence-corrected chi connectivity index (χ1v) is 7.31. The summed E-state index contributed by atoms with van der Waals surface area (Å²) in [6.45, 7) is 4.07. The van der Waals surface area contributed by atoms with Gasteiger partial charge in [-0.1, -0.05) is 23.4 Å². The van der Waals surface area contributed by atoms with Crippen molar-refractivity contribution in [3.05, 3.63) is 82.5 Å². The number of rotatable bonds is 4. The van der Waals surface area contributed by atoms with E-state index in [-0.39, 0.29) is 0 Å². The van der Waals surface area contributed by atoms with Crippen molar-refractivity contribution < 1.29 is 13.3 Å². The van der Waals surface area contributed by atoms with Gasteiger partial charge in [-0.05, 0) is 54.7 Å². The molecule has 0 amide bonds. The van der Waals surface area contributed by atoms with Crippen LogP contribution in [-0.4, -0.2) is 10.1 Å². The van der Waals surface area contributed by atoms with E-state index in [4.69, 9.17) is 4.52 Å². The molecule has 0 bridgehead atoms. The van der Waals surface area contributed by atoms with Gasteiger partial charge in [-0.3, -0.25) is 0 Å². The van der Waals surface area contributed by atoms with Crippen molar-refractivity contribution in [2.24, 2.45) is 0 Å². The van der Waals surface area contributed by atoms with Gasteiger partial charge in [0.05, 0.1) is 5.92 Å². The molecule has 5 heteroatoms. The highest BCUT2D eigenvalue weighted by atomic mass is 19.1. The average molecular weight is 314 g/mol. The zero-order valence-electron chi connectivity index (χ0n) is 12.9. The second kappa shape index (κ2) is 6.28. The number of aryl methyl sites for hydroxylation is 2. The number of nitrogens with zero attached hydrogens (tertiary/aromatic N) is 2. The van der Waals surface area contributed by atoms with Crippen molar-refractivity contribution in [1.82, 2.24) is 10.1 Å². The van der Waals surface area contributed by atoms with Crippen molar-refractivity contribution in [2.75, 3.05) is 0 Å². The van der Waals surface area contributed by atoms with E-state index in [1.807, 2.05) is 26.0 Å². The van der Waals surface area contributed by atoms with Crippen molar-refractivity contribution in [2.45, 2.75) is 26.2 Å². The van der Waals surface area contributed by atoms with E-state index in [1.165, 1.54) is 24.0 Å². The standard InChI is InChI=1S/C18H16F2N2O/c1-11-3-4-13(5-12(11)2)6-17(18-21-10-22-23-18)14-7-15(19)9-16(20)8-14/h3-5,7-10,17H,6H2,1-2H3. The van der Waals surface area contributed by atoms with Gasteiger partial charge >= 0.3 is 0 Å². The lowest BCUT2D eigenvalue weighted by molar-refractivity contribution is 0.363. The van der Waals surface area contributed by atoms with Crippen LogP contribution in [0.1, 0.15) is 34.1 Å². The Balaban J connectivity index is 2.00. The van der Waals surface area contributed by atoms with Crippen LogP contribution in [0, 0.1) is 25.5 Å². The van der Waals surface area contributed by atoms with E-state index < -0.39 is 17.6 Å². The van der Waals surface area contributed by atoms with Gasteiger partial charge < -0.3 is 4.52 Å². The molecule has 2 aromatic carbocycles. The van der Waals surface area contributed by atoms with Gasteiger partial charge in [0.25, 0.3) is 0 Å². The third-order valence-corrected chi connectivity index (χ3v) is 3.97. The minimum absolute atomic E-state index is 0.341. The minimum Gasteiger partial charge on any atom is -0.339 e. The number of hydrogen-bond donors (Lipinski definition) is 0. The first-order chi connectivity index (χ1) is 11.0. The van der Waals surface area contributed by atoms with Crippen molar-refractivity contribution in [3.8, 4) is 0 Å². The summed E-state index contributed by atoms with van der Waals surface area (Å²) in [6, 6.07) is 9.56. The lowest BCUT2D eigenvalue weighted by atomic mass is 9.90. The molecular formula is C18H16F2N2O. The topological polar surface area (TPSA) is 38.9 Å². The van der Waals surface area contributed by atoms with Gasteiger partial charge in [-0.15, -0.1) is 0 Å². The quantitative estimate of drug-likeness (QED) is 0.719. The minimum atomic E-state index is -0.621. The van der Waals surface area contributed by atoms with Gasteiger partial charge in [-0.2, -0.15) is 4.98 Å². The molecular weight excluding hydrogens is 298 g/mol.